The van der Waals surface area contributed by atoms with Crippen LogP contribution in [0.1, 0.15) is 5.69 Å². The molecule has 0 saturated carbocycles. The molecule has 0 atom stereocenters. The molecule has 1 aliphatic heterocycles. The maximum Gasteiger partial charge on any atom is 0.435 e. The van der Waals surface area contributed by atoms with Crippen molar-refractivity contribution in [3.05, 3.63) is 47.2 Å². The van der Waals surface area contributed by atoms with Crippen molar-refractivity contribution in [2.24, 2.45) is 0 Å². The Labute approximate surface area is 181 Å². The lowest BCUT2D eigenvalue weighted by molar-refractivity contribution is -0.139. The summed E-state index contributed by atoms with van der Waals surface area (Å²) in [6, 6.07) is 8.46. The number of halogens is 4. The first-order valence-corrected chi connectivity index (χ1v) is 10.4. The minimum atomic E-state index is -4.64. The number of imidazole rings is 1. The van der Waals surface area contributed by atoms with Crippen LogP contribution in [0.5, 0.6) is 0 Å². The monoisotopic (exact) mass is 448 g/mol. The predicted molar refractivity (Wildman–Crippen MR) is 114 cm³/mol. The minimum Gasteiger partial charge on any atom is -0.359 e. The second-order valence-corrected chi connectivity index (χ2v) is 8.02. The van der Waals surface area contributed by atoms with Gasteiger partial charge >= 0.3 is 6.18 Å². The second-order valence-electron chi connectivity index (χ2n) is 7.58. The van der Waals surface area contributed by atoms with Crippen molar-refractivity contribution >= 4 is 33.5 Å². The van der Waals surface area contributed by atoms with Crippen molar-refractivity contribution < 1.29 is 13.2 Å². The van der Waals surface area contributed by atoms with Crippen LogP contribution in [0.4, 0.5) is 13.2 Å². The Morgan fingerprint density at radius 1 is 1.06 bits per heavy atom. The SMILES string of the molecule is FC(F)(F)c1nc2cc(Cl)ccc2c2c1nc(-c1ccc[nH]1)n2CCN1CCNCC1. The Hall–Kier alpha value is -2.62. The summed E-state index contributed by atoms with van der Waals surface area (Å²) in [5.74, 6) is 0.463. The molecule has 2 N–H and O–H groups in total. The summed E-state index contributed by atoms with van der Waals surface area (Å²) in [6.07, 6.45) is -2.91. The average molecular weight is 449 g/mol. The molecule has 5 rings (SSSR count). The van der Waals surface area contributed by atoms with Gasteiger partial charge in [0.2, 0.25) is 0 Å². The molecule has 162 valence electrons. The largest absolute Gasteiger partial charge is 0.435 e. The van der Waals surface area contributed by atoms with Crippen LogP contribution in [0.25, 0.3) is 33.5 Å². The summed E-state index contributed by atoms with van der Waals surface area (Å²) in [5.41, 5.74) is 0.146. The van der Waals surface area contributed by atoms with Crippen LogP contribution >= 0.6 is 11.6 Å². The lowest BCUT2D eigenvalue weighted by atomic mass is 10.1. The molecular weight excluding hydrogens is 429 g/mol. The highest BCUT2D eigenvalue weighted by Gasteiger charge is 2.37. The first-order valence-electron chi connectivity index (χ1n) is 10.1. The van der Waals surface area contributed by atoms with Gasteiger partial charge in [-0.3, -0.25) is 4.90 Å². The van der Waals surface area contributed by atoms with Gasteiger partial charge in [0.1, 0.15) is 5.52 Å². The third kappa shape index (κ3) is 3.77. The fourth-order valence-electron chi connectivity index (χ4n) is 4.13. The molecule has 4 heterocycles. The molecule has 0 radical (unpaired) electrons. The number of piperazine rings is 1. The maximum atomic E-state index is 13.9. The van der Waals surface area contributed by atoms with E-state index in [-0.39, 0.29) is 11.0 Å². The van der Waals surface area contributed by atoms with Gasteiger partial charge in [0.05, 0.1) is 16.7 Å². The van der Waals surface area contributed by atoms with Crippen LogP contribution in [0.2, 0.25) is 5.02 Å². The van der Waals surface area contributed by atoms with Crippen molar-refractivity contribution in [1.82, 2.24) is 29.7 Å². The molecular formula is C21H20ClF3N6. The Morgan fingerprint density at radius 2 is 1.87 bits per heavy atom. The molecule has 6 nitrogen and oxygen atoms in total. The van der Waals surface area contributed by atoms with Gasteiger partial charge < -0.3 is 14.9 Å². The van der Waals surface area contributed by atoms with Crippen molar-refractivity contribution in [3.63, 3.8) is 0 Å². The van der Waals surface area contributed by atoms with Gasteiger partial charge in [-0.2, -0.15) is 13.2 Å². The van der Waals surface area contributed by atoms with Crippen LogP contribution in [-0.2, 0) is 12.7 Å². The number of hydrogen-bond acceptors (Lipinski definition) is 4. The molecule has 1 saturated heterocycles. The van der Waals surface area contributed by atoms with E-state index in [4.69, 9.17) is 11.6 Å². The van der Waals surface area contributed by atoms with Gasteiger partial charge in [-0.1, -0.05) is 11.6 Å². The summed E-state index contributed by atoms with van der Waals surface area (Å²) >= 11 is 6.06. The minimum absolute atomic E-state index is 0.146. The molecule has 1 aromatic carbocycles. The molecule has 0 bridgehead atoms. The highest BCUT2D eigenvalue weighted by molar-refractivity contribution is 6.31. The first kappa shape index (κ1) is 20.3. The number of rotatable bonds is 4. The Bertz CT molecular complexity index is 1230. The molecule has 0 amide bonds. The molecule has 0 unspecified atom stereocenters. The van der Waals surface area contributed by atoms with Crippen molar-refractivity contribution in [2.75, 3.05) is 32.7 Å². The number of H-pyrrole nitrogens is 1. The Balaban J connectivity index is 1.75. The molecule has 4 aromatic rings. The van der Waals surface area contributed by atoms with Crippen molar-refractivity contribution in [2.45, 2.75) is 12.7 Å². The van der Waals surface area contributed by atoms with Gasteiger partial charge in [0.15, 0.2) is 11.5 Å². The molecule has 31 heavy (non-hydrogen) atoms. The molecule has 0 spiro atoms. The van der Waals surface area contributed by atoms with Gasteiger partial charge in [-0.25, -0.2) is 9.97 Å². The van der Waals surface area contributed by atoms with Crippen LogP contribution < -0.4 is 5.32 Å². The van der Waals surface area contributed by atoms with E-state index < -0.39 is 11.9 Å². The van der Waals surface area contributed by atoms with Gasteiger partial charge in [-0.15, -0.1) is 0 Å². The van der Waals surface area contributed by atoms with Crippen LogP contribution in [-0.4, -0.2) is 57.1 Å². The number of alkyl halides is 3. The van der Waals surface area contributed by atoms with Gasteiger partial charge in [0, 0.05) is 55.9 Å². The van der Waals surface area contributed by atoms with E-state index in [1.807, 2.05) is 10.6 Å². The number of aromatic amines is 1. The maximum absolute atomic E-state index is 13.9. The number of aromatic nitrogens is 4. The Morgan fingerprint density at radius 3 is 2.58 bits per heavy atom. The Kier molecular flexibility index (Phi) is 5.11. The summed E-state index contributed by atoms with van der Waals surface area (Å²) in [7, 11) is 0. The number of nitrogens with one attached hydrogen (secondary N) is 2. The lowest BCUT2D eigenvalue weighted by Gasteiger charge is -2.27. The van der Waals surface area contributed by atoms with E-state index in [2.05, 4.69) is 25.2 Å². The topological polar surface area (TPSA) is 61.8 Å². The summed E-state index contributed by atoms with van der Waals surface area (Å²) in [6.45, 7) is 4.81. The third-order valence-corrected chi connectivity index (χ3v) is 5.83. The third-order valence-electron chi connectivity index (χ3n) is 5.60. The van der Waals surface area contributed by atoms with Crippen LogP contribution in [0.15, 0.2) is 36.5 Å². The average Bonchev–Trinajstić information content (AvgIpc) is 3.39. The van der Waals surface area contributed by atoms with E-state index in [1.54, 1.807) is 24.4 Å². The van der Waals surface area contributed by atoms with Gasteiger partial charge in [0.25, 0.3) is 0 Å². The summed E-state index contributed by atoms with van der Waals surface area (Å²) in [5, 5.41) is 4.25. The summed E-state index contributed by atoms with van der Waals surface area (Å²) < 4.78 is 43.7. The number of benzene rings is 1. The number of pyridine rings is 1. The van der Waals surface area contributed by atoms with E-state index in [1.165, 1.54) is 6.07 Å². The zero-order chi connectivity index (χ0) is 21.6. The second kappa shape index (κ2) is 7.81. The number of fused-ring (bicyclic) bond motifs is 3. The van der Waals surface area contributed by atoms with E-state index >= 15 is 0 Å². The molecule has 1 fully saturated rings. The number of hydrogen-bond donors (Lipinski definition) is 2. The van der Waals surface area contributed by atoms with Crippen molar-refractivity contribution in [1.29, 1.82) is 0 Å². The smallest absolute Gasteiger partial charge is 0.359 e. The van der Waals surface area contributed by atoms with Crippen molar-refractivity contribution in [3.8, 4) is 11.5 Å². The molecule has 10 heteroatoms. The summed E-state index contributed by atoms with van der Waals surface area (Å²) in [4.78, 5) is 13.7. The van der Waals surface area contributed by atoms with Crippen LogP contribution in [0.3, 0.4) is 0 Å². The normalized spacial score (nSPS) is 15.9. The fourth-order valence-corrected chi connectivity index (χ4v) is 4.29. The zero-order valence-electron chi connectivity index (χ0n) is 16.5. The van der Waals surface area contributed by atoms with Crippen LogP contribution in [0, 0.1) is 0 Å². The zero-order valence-corrected chi connectivity index (χ0v) is 17.3. The number of nitrogens with zero attached hydrogens (tertiary/aromatic N) is 4. The van der Waals surface area contributed by atoms with E-state index in [9.17, 15) is 13.2 Å². The van der Waals surface area contributed by atoms with E-state index in [0.717, 1.165) is 26.2 Å². The highest BCUT2D eigenvalue weighted by Crippen LogP contribution is 2.38. The predicted octanol–water partition coefficient (Wildman–Crippen LogP) is 4.16. The first-order chi connectivity index (χ1) is 14.9. The standard InChI is InChI=1S/C21H20ClF3N6/c22-13-3-4-14-16(12-13)28-19(21(23,24)25)17-18(14)31(11-10-30-8-6-26-7-9-30)20(29-17)15-2-1-5-27-15/h1-5,12,26-27H,6-11H2. The quantitative estimate of drug-likeness (QED) is 0.492. The molecule has 0 aliphatic carbocycles. The lowest BCUT2D eigenvalue weighted by Crippen LogP contribution is -2.44. The fraction of sp³-hybridized carbons (Fsp3) is 0.333. The van der Waals surface area contributed by atoms with E-state index in [0.29, 0.717) is 40.5 Å². The molecule has 1 aliphatic rings. The molecule has 3 aromatic heterocycles. The highest BCUT2D eigenvalue weighted by atomic mass is 35.5. The van der Waals surface area contributed by atoms with Gasteiger partial charge in [-0.05, 0) is 30.3 Å².